The molecule has 5 nitrogen and oxygen atoms in total. The quantitative estimate of drug-likeness (QED) is 0.290. The van der Waals surface area contributed by atoms with E-state index in [1.807, 2.05) is 46.7 Å². The number of hydrogen-bond acceptors (Lipinski definition) is 4. The van der Waals surface area contributed by atoms with Gasteiger partial charge in [-0.15, -0.1) is 11.3 Å². The van der Waals surface area contributed by atoms with E-state index in [1.165, 1.54) is 25.7 Å². The fourth-order valence-corrected chi connectivity index (χ4v) is 5.11. The number of nitrogens with zero attached hydrogens (tertiary/aromatic N) is 2. The van der Waals surface area contributed by atoms with Crippen molar-refractivity contribution in [3.63, 3.8) is 0 Å². The molecule has 0 aliphatic carbocycles. The van der Waals surface area contributed by atoms with Gasteiger partial charge < -0.3 is 14.5 Å². The van der Waals surface area contributed by atoms with Crippen molar-refractivity contribution in [2.24, 2.45) is 0 Å². The van der Waals surface area contributed by atoms with E-state index in [0.29, 0.717) is 26.1 Å². The van der Waals surface area contributed by atoms with Gasteiger partial charge in [-0.2, -0.15) is 0 Å². The first-order valence-corrected chi connectivity index (χ1v) is 13.8. The lowest BCUT2D eigenvalue weighted by Gasteiger charge is -2.29. The third-order valence-electron chi connectivity index (χ3n) is 6.37. The fraction of sp³-hybridized carbons (Fsp3) is 0.571. The van der Waals surface area contributed by atoms with Crippen LogP contribution in [0, 0.1) is 0 Å². The number of carbonyl (C=O) groups excluding carboxylic acids is 2. The van der Waals surface area contributed by atoms with Crippen molar-refractivity contribution < 1.29 is 14.3 Å². The summed E-state index contributed by atoms with van der Waals surface area (Å²) in [6.07, 6.45) is 9.40. The largest absolute Gasteiger partial charge is 0.376 e. The fourth-order valence-electron chi connectivity index (χ4n) is 4.39. The highest BCUT2D eigenvalue weighted by molar-refractivity contribution is 7.09. The lowest BCUT2D eigenvalue weighted by atomic mass is 10.1. The van der Waals surface area contributed by atoms with E-state index >= 15 is 0 Å². The molecule has 34 heavy (non-hydrogen) atoms. The molecule has 1 aliphatic rings. The Bertz CT molecular complexity index is 835. The minimum Gasteiger partial charge on any atom is -0.376 e. The van der Waals surface area contributed by atoms with Gasteiger partial charge in [0, 0.05) is 31.0 Å². The number of ether oxygens (including phenoxy) is 1. The van der Waals surface area contributed by atoms with E-state index in [0.717, 1.165) is 42.7 Å². The summed E-state index contributed by atoms with van der Waals surface area (Å²) in [5.74, 6) is 0.0710. The molecule has 0 bridgehead atoms. The Hall–Kier alpha value is -2.18. The Kier molecular flexibility index (Phi) is 11.6. The molecule has 0 saturated carbocycles. The maximum Gasteiger partial charge on any atom is 0.242 e. The number of benzene rings is 1. The SMILES string of the molecule is CCCCCCCCC(=O)N(CC(=O)N(Cc1ccccc1)Cc1cccs1)C[C@@H]1CCCO1. The van der Waals surface area contributed by atoms with Gasteiger partial charge in [0.2, 0.25) is 11.8 Å². The van der Waals surface area contributed by atoms with E-state index in [4.69, 9.17) is 4.74 Å². The monoisotopic (exact) mass is 484 g/mol. The highest BCUT2D eigenvalue weighted by Gasteiger charge is 2.26. The summed E-state index contributed by atoms with van der Waals surface area (Å²) in [7, 11) is 0. The van der Waals surface area contributed by atoms with Crippen LogP contribution in [0.15, 0.2) is 47.8 Å². The van der Waals surface area contributed by atoms with Crippen LogP contribution in [0.5, 0.6) is 0 Å². The molecule has 0 radical (unpaired) electrons. The third-order valence-corrected chi connectivity index (χ3v) is 7.23. The van der Waals surface area contributed by atoms with E-state index in [-0.39, 0.29) is 24.5 Å². The molecule has 6 heteroatoms. The second kappa shape index (κ2) is 14.9. The molecule has 1 fully saturated rings. The smallest absolute Gasteiger partial charge is 0.242 e. The zero-order valence-corrected chi connectivity index (χ0v) is 21.4. The molecule has 2 heterocycles. The Morgan fingerprint density at radius 1 is 0.941 bits per heavy atom. The molecule has 0 unspecified atom stereocenters. The summed E-state index contributed by atoms with van der Waals surface area (Å²) >= 11 is 1.66. The van der Waals surface area contributed by atoms with Crippen molar-refractivity contribution >= 4 is 23.2 Å². The highest BCUT2D eigenvalue weighted by Crippen LogP contribution is 2.18. The Morgan fingerprint density at radius 2 is 1.74 bits per heavy atom. The van der Waals surface area contributed by atoms with Gasteiger partial charge in [-0.3, -0.25) is 9.59 Å². The molecule has 2 amide bonds. The van der Waals surface area contributed by atoms with Crippen molar-refractivity contribution in [2.75, 3.05) is 19.7 Å². The molecule has 3 rings (SSSR count). The summed E-state index contributed by atoms with van der Waals surface area (Å²) in [6, 6.07) is 14.1. The predicted molar refractivity (Wildman–Crippen MR) is 139 cm³/mol. The van der Waals surface area contributed by atoms with Crippen LogP contribution in [-0.2, 0) is 27.4 Å². The first-order chi connectivity index (χ1) is 16.7. The highest BCUT2D eigenvalue weighted by atomic mass is 32.1. The lowest BCUT2D eigenvalue weighted by Crippen LogP contribution is -2.45. The van der Waals surface area contributed by atoms with Gasteiger partial charge in [-0.25, -0.2) is 0 Å². The normalized spacial score (nSPS) is 15.4. The van der Waals surface area contributed by atoms with Crippen LogP contribution < -0.4 is 0 Å². The summed E-state index contributed by atoms with van der Waals surface area (Å²) in [5.41, 5.74) is 1.09. The maximum absolute atomic E-state index is 13.5. The first kappa shape index (κ1) is 26.4. The van der Waals surface area contributed by atoms with Gasteiger partial charge in [0.1, 0.15) is 0 Å². The average Bonchev–Trinajstić information content (AvgIpc) is 3.55. The summed E-state index contributed by atoms with van der Waals surface area (Å²) in [4.78, 5) is 31.4. The first-order valence-electron chi connectivity index (χ1n) is 12.9. The van der Waals surface area contributed by atoms with Crippen LogP contribution in [0.1, 0.15) is 75.2 Å². The number of unbranched alkanes of at least 4 members (excludes halogenated alkanes) is 5. The minimum absolute atomic E-state index is 0.00783. The second-order valence-corrected chi connectivity index (χ2v) is 10.3. The van der Waals surface area contributed by atoms with E-state index in [9.17, 15) is 9.59 Å². The number of hydrogen-bond donors (Lipinski definition) is 0. The predicted octanol–water partition coefficient (Wildman–Crippen LogP) is 6.04. The summed E-state index contributed by atoms with van der Waals surface area (Å²) in [5, 5.41) is 2.04. The van der Waals surface area contributed by atoms with Gasteiger partial charge in [0.05, 0.1) is 19.2 Å². The Labute approximate surface area is 209 Å². The molecule has 1 atom stereocenters. The lowest BCUT2D eigenvalue weighted by molar-refractivity contribution is -0.142. The molecule has 1 aliphatic heterocycles. The Balaban J connectivity index is 1.62. The maximum atomic E-state index is 13.5. The minimum atomic E-state index is -0.00783. The van der Waals surface area contributed by atoms with Crippen molar-refractivity contribution in [2.45, 2.75) is 83.9 Å². The van der Waals surface area contributed by atoms with Gasteiger partial charge in [-0.05, 0) is 36.3 Å². The van der Waals surface area contributed by atoms with Crippen LogP contribution in [0.2, 0.25) is 0 Å². The molecule has 2 aromatic rings. The molecular weight excluding hydrogens is 444 g/mol. The molecule has 0 spiro atoms. The second-order valence-electron chi connectivity index (χ2n) is 9.24. The van der Waals surface area contributed by atoms with E-state index in [2.05, 4.69) is 13.0 Å². The van der Waals surface area contributed by atoms with Gasteiger partial charge in [0.15, 0.2) is 0 Å². The molecule has 0 N–H and O–H groups in total. The van der Waals surface area contributed by atoms with E-state index in [1.54, 1.807) is 16.2 Å². The third kappa shape index (κ3) is 9.22. The van der Waals surface area contributed by atoms with Crippen molar-refractivity contribution in [3.05, 3.63) is 58.3 Å². The van der Waals surface area contributed by atoms with Crippen molar-refractivity contribution in [1.82, 2.24) is 9.80 Å². The standard InChI is InChI=1S/C28H40N2O3S/c1-2-3-4-5-6-10-17-27(31)30(21-25-15-11-18-33-25)23-28(32)29(22-26-16-12-19-34-26)20-24-13-8-7-9-14-24/h7-9,12-14,16,19,25H,2-6,10-11,15,17-18,20-23H2,1H3/t25-/m0/s1. The number of carbonyl (C=O) groups is 2. The summed E-state index contributed by atoms with van der Waals surface area (Å²) in [6.45, 7) is 4.69. The molecule has 1 aromatic heterocycles. The number of rotatable bonds is 15. The van der Waals surface area contributed by atoms with Crippen molar-refractivity contribution in [1.29, 1.82) is 0 Å². The number of amides is 2. The summed E-state index contributed by atoms with van der Waals surface area (Å²) < 4.78 is 5.81. The molecule has 186 valence electrons. The van der Waals surface area contributed by atoms with Crippen molar-refractivity contribution in [3.8, 4) is 0 Å². The van der Waals surface area contributed by atoms with Crippen LogP contribution in [0.4, 0.5) is 0 Å². The average molecular weight is 485 g/mol. The van der Waals surface area contributed by atoms with Gasteiger partial charge in [0.25, 0.3) is 0 Å². The molecule has 1 aromatic carbocycles. The zero-order valence-electron chi connectivity index (χ0n) is 20.6. The van der Waals surface area contributed by atoms with Crippen LogP contribution in [-0.4, -0.2) is 47.4 Å². The van der Waals surface area contributed by atoms with Gasteiger partial charge in [-0.1, -0.05) is 75.4 Å². The van der Waals surface area contributed by atoms with Crippen LogP contribution in [0.3, 0.4) is 0 Å². The van der Waals surface area contributed by atoms with Crippen LogP contribution >= 0.6 is 11.3 Å². The van der Waals surface area contributed by atoms with Gasteiger partial charge >= 0.3 is 0 Å². The molecular formula is C28H40N2O3S. The van der Waals surface area contributed by atoms with E-state index < -0.39 is 0 Å². The number of thiophene rings is 1. The zero-order chi connectivity index (χ0) is 24.0. The molecule has 1 saturated heterocycles. The Morgan fingerprint density at radius 3 is 2.44 bits per heavy atom. The van der Waals surface area contributed by atoms with Crippen LogP contribution in [0.25, 0.3) is 0 Å². The topological polar surface area (TPSA) is 49.9 Å².